The van der Waals surface area contributed by atoms with Crippen molar-refractivity contribution in [1.29, 1.82) is 0 Å². The van der Waals surface area contributed by atoms with E-state index in [-0.39, 0.29) is 5.41 Å². The number of aldehydes is 1. The fourth-order valence-corrected chi connectivity index (χ4v) is 1.35. The maximum absolute atomic E-state index is 10.5. The van der Waals surface area contributed by atoms with Gasteiger partial charge in [-0.1, -0.05) is 40.2 Å². The van der Waals surface area contributed by atoms with Gasteiger partial charge in [0.05, 0.1) is 0 Å². The van der Waals surface area contributed by atoms with Gasteiger partial charge >= 0.3 is 0 Å². The van der Waals surface area contributed by atoms with Gasteiger partial charge in [-0.2, -0.15) is 0 Å². The van der Waals surface area contributed by atoms with E-state index in [9.17, 15) is 4.79 Å². The molecule has 0 aliphatic carbocycles. The molecule has 1 unspecified atom stereocenters. The fraction of sp³-hybridized carbons (Fsp3) is 0.667. The van der Waals surface area contributed by atoms with Gasteiger partial charge in [0.15, 0.2) is 0 Å². The second kappa shape index (κ2) is 10.1. The Labute approximate surface area is 107 Å². The van der Waals surface area contributed by atoms with Crippen molar-refractivity contribution in [2.45, 2.75) is 60.4 Å². The molecule has 0 aliphatic rings. The molecule has 0 aromatic heterocycles. The molecule has 0 heterocycles. The van der Waals surface area contributed by atoms with Gasteiger partial charge in [-0.15, -0.1) is 6.58 Å². The first-order chi connectivity index (χ1) is 7.83. The first kappa shape index (κ1) is 18.3. The molecule has 0 bridgehead atoms. The fourth-order valence-electron chi connectivity index (χ4n) is 1.35. The van der Waals surface area contributed by atoms with Gasteiger partial charge in [0.1, 0.15) is 6.29 Å². The summed E-state index contributed by atoms with van der Waals surface area (Å²) in [5.74, 6) is 0. The molecule has 0 spiro atoms. The van der Waals surface area contributed by atoms with Crippen LogP contribution < -0.4 is 5.32 Å². The van der Waals surface area contributed by atoms with Crippen molar-refractivity contribution in [3.8, 4) is 0 Å². The average Bonchev–Trinajstić information content (AvgIpc) is 2.17. The van der Waals surface area contributed by atoms with Crippen LogP contribution >= 0.6 is 0 Å². The second-order valence-corrected chi connectivity index (χ2v) is 5.21. The maximum Gasteiger partial charge on any atom is 0.144 e. The van der Waals surface area contributed by atoms with E-state index >= 15 is 0 Å². The Balaban J connectivity index is 0. The highest BCUT2D eigenvalue weighted by atomic mass is 16.1. The molecule has 0 rings (SSSR count). The zero-order chi connectivity index (χ0) is 13.9. The number of nitrogens with one attached hydrogen (secondary N) is 1. The first-order valence-electron chi connectivity index (χ1n) is 6.32. The summed E-state index contributed by atoms with van der Waals surface area (Å²) in [6.07, 6.45) is 6.53. The molecule has 1 N–H and O–H groups in total. The predicted octanol–water partition coefficient (Wildman–Crippen LogP) is 4.09. The van der Waals surface area contributed by atoms with Crippen LogP contribution in [0.5, 0.6) is 0 Å². The third kappa shape index (κ3) is 11.2. The van der Waals surface area contributed by atoms with Gasteiger partial charge in [-0.3, -0.25) is 4.79 Å². The number of rotatable bonds is 5. The second-order valence-electron chi connectivity index (χ2n) is 5.21. The lowest BCUT2D eigenvalue weighted by Gasteiger charge is -2.27. The number of carbonyl (C=O) groups excluding carboxylic acids is 1. The van der Waals surface area contributed by atoms with Crippen molar-refractivity contribution in [3.05, 3.63) is 24.4 Å². The highest BCUT2D eigenvalue weighted by Gasteiger charge is 2.17. The SMILES string of the molecule is C=CC.CCCC(C)N/C(=C\C=O)C(C)(C)C. The number of carbonyl (C=O) groups is 1. The number of allylic oxidation sites excluding steroid dienone is 3. The number of hydrogen-bond acceptors (Lipinski definition) is 2. The van der Waals surface area contributed by atoms with Crippen LogP contribution in [0.1, 0.15) is 54.4 Å². The van der Waals surface area contributed by atoms with Crippen molar-refractivity contribution in [1.82, 2.24) is 5.32 Å². The molecule has 17 heavy (non-hydrogen) atoms. The average molecular weight is 239 g/mol. The van der Waals surface area contributed by atoms with Gasteiger partial charge in [-0.05, 0) is 26.3 Å². The Kier molecular flexibility index (Phi) is 10.9. The van der Waals surface area contributed by atoms with Crippen LogP contribution in [0.3, 0.4) is 0 Å². The van der Waals surface area contributed by atoms with Crippen molar-refractivity contribution < 1.29 is 4.79 Å². The monoisotopic (exact) mass is 239 g/mol. The first-order valence-corrected chi connectivity index (χ1v) is 6.32. The van der Waals surface area contributed by atoms with Gasteiger partial charge in [0, 0.05) is 17.2 Å². The summed E-state index contributed by atoms with van der Waals surface area (Å²) < 4.78 is 0. The van der Waals surface area contributed by atoms with Crippen LogP contribution in [0.2, 0.25) is 0 Å². The summed E-state index contributed by atoms with van der Waals surface area (Å²) in [7, 11) is 0. The summed E-state index contributed by atoms with van der Waals surface area (Å²) >= 11 is 0. The van der Waals surface area contributed by atoms with Gasteiger partial charge in [0.2, 0.25) is 0 Å². The zero-order valence-corrected chi connectivity index (χ0v) is 12.3. The largest absolute Gasteiger partial charge is 0.385 e. The van der Waals surface area contributed by atoms with E-state index in [0.29, 0.717) is 6.04 Å². The molecular formula is C15H29NO. The highest BCUT2D eigenvalue weighted by Crippen LogP contribution is 2.23. The summed E-state index contributed by atoms with van der Waals surface area (Å²) in [5, 5.41) is 3.39. The molecule has 0 saturated carbocycles. The Bertz CT molecular complexity index is 236. The van der Waals surface area contributed by atoms with Crippen LogP contribution in [0.15, 0.2) is 24.4 Å². The molecule has 0 fully saturated rings. The quantitative estimate of drug-likeness (QED) is 0.445. The standard InChI is InChI=1S/C12H23NO.C3H6/c1-6-7-10(2)13-11(8-9-14)12(3,4)5;1-3-2/h8-10,13H,6-7H2,1-5H3;3H,1H2,2H3/b11-8-;. The molecule has 0 aliphatic heterocycles. The lowest BCUT2D eigenvalue weighted by Crippen LogP contribution is -2.31. The molecule has 0 aromatic rings. The number of hydrogen-bond donors (Lipinski definition) is 1. The third-order valence-corrected chi connectivity index (χ3v) is 2.17. The Morgan fingerprint density at radius 3 is 2.18 bits per heavy atom. The van der Waals surface area contributed by atoms with E-state index in [1.54, 1.807) is 12.2 Å². The van der Waals surface area contributed by atoms with Gasteiger partial charge in [-0.25, -0.2) is 0 Å². The van der Waals surface area contributed by atoms with Crippen molar-refractivity contribution in [3.63, 3.8) is 0 Å². The molecule has 2 heteroatoms. The molecule has 2 nitrogen and oxygen atoms in total. The van der Waals surface area contributed by atoms with Crippen molar-refractivity contribution in [2.24, 2.45) is 5.41 Å². The molecule has 0 aromatic carbocycles. The maximum atomic E-state index is 10.5. The van der Waals surface area contributed by atoms with E-state index in [4.69, 9.17) is 0 Å². The molecule has 1 atom stereocenters. The zero-order valence-electron chi connectivity index (χ0n) is 12.3. The minimum atomic E-state index is 0.0168. The summed E-state index contributed by atoms with van der Waals surface area (Å²) in [6.45, 7) is 15.9. The Morgan fingerprint density at radius 2 is 1.88 bits per heavy atom. The highest BCUT2D eigenvalue weighted by molar-refractivity contribution is 5.66. The van der Waals surface area contributed by atoms with Crippen LogP contribution in [-0.2, 0) is 4.79 Å². The van der Waals surface area contributed by atoms with Gasteiger partial charge < -0.3 is 5.32 Å². The normalized spacial score (nSPS) is 13.2. The Hall–Kier alpha value is -1.05. The van der Waals surface area contributed by atoms with Crippen molar-refractivity contribution >= 4 is 6.29 Å². The van der Waals surface area contributed by atoms with Gasteiger partial charge in [0.25, 0.3) is 0 Å². The van der Waals surface area contributed by atoms with E-state index in [2.05, 4.69) is 46.5 Å². The third-order valence-electron chi connectivity index (χ3n) is 2.17. The summed E-state index contributed by atoms with van der Waals surface area (Å²) in [5.41, 5.74) is 1.04. The summed E-state index contributed by atoms with van der Waals surface area (Å²) in [4.78, 5) is 10.5. The minimum Gasteiger partial charge on any atom is -0.385 e. The molecular weight excluding hydrogens is 210 g/mol. The van der Waals surface area contributed by atoms with Crippen LogP contribution in [0.4, 0.5) is 0 Å². The van der Waals surface area contributed by atoms with E-state index in [0.717, 1.165) is 24.8 Å². The lowest BCUT2D eigenvalue weighted by atomic mass is 9.91. The Morgan fingerprint density at radius 1 is 1.41 bits per heavy atom. The lowest BCUT2D eigenvalue weighted by molar-refractivity contribution is -0.104. The van der Waals surface area contributed by atoms with Crippen LogP contribution in [0.25, 0.3) is 0 Å². The smallest absolute Gasteiger partial charge is 0.144 e. The van der Waals surface area contributed by atoms with Crippen LogP contribution in [0, 0.1) is 5.41 Å². The molecule has 0 saturated heterocycles. The van der Waals surface area contributed by atoms with Crippen molar-refractivity contribution in [2.75, 3.05) is 0 Å². The predicted molar refractivity (Wildman–Crippen MR) is 77.0 cm³/mol. The summed E-state index contributed by atoms with van der Waals surface area (Å²) in [6, 6.07) is 0.436. The van der Waals surface area contributed by atoms with E-state index in [1.807, 2.05) is 6.92 Å². The molecule has 100 valence electrons. The minimum absolute atomic E-state index is 0.0168. The van der Waals surface area contributed by atoms with E-state index in [1.165, 1.54) is 0 Å². The topological polar surface area (TPSA) is 29.1 Å². The van der Waals surface area contributed by atoms with Crippen LogP contribution in [-0.4, -0.2) is 12.3 Å². The molecule has 0 radical (unpaired) electrons. The molecule has 0 amide bonds. The van der Waals surface area contributed by atoms with E-state index < -0.39 is 0 Å².